The fourth-order valence-electron chi connectivity index (χ4n) is 4.69. The van der Waals surface area contributed by atoms with Crippen LogP contribution < -0.4 is 10.6 Å². The molecule has 0 fully saturated rings. The van der Waals surface area contributed by atoms with Gasteiger partial charge in [-0.3, -0.25) is 9.59 Å². The van der Waals surface area contributed by atoms with Crippen molar-refractivity contribution in [2.45, 2.75) is 43.5 Å². The van der Waals surface area contributed by atoms with Crippen molar-refractivity contribution in [3.05, 3.63) is 104 Å². The lowest BCUT2D eigenvalue weighted by Crippen LogP contribution is -2.27. The zero-order valence-electron chi connectivity index (χ0n) is 21.7. The van der Waals surface area contributed by atoms with Crippen molar-refractivity contribution in [2.75, 3.05) is 11.9 Å². The third kappa shape index (κ3) is 6.24. The fourth-order valence-corrected chi connectivity index (χ4v) is 7.34. The van der Waals surface area contributed by atoms with E-state index in [2.05, 4.69) is 20.6 Å². The van der Waals surface area contributed by atoms with E-state index >= 15 is 0 Å². The van der Waals surface area contributed by atoms with Crippen molar-refractivity contribution in [1.29, 1.82) is 0 Å². The molecule has 2 aromatic heterocycles. The number of nitrogens with zero attached hydrogens (tertiary/aromatic N) is 2. The molecule has 206 valence electrons. The number of halogens is 1. The second-order valence-corrected chi connectivity index (χ2v) is 13.0. The van der Waals surface area contributed by atoms with Crippen LogP contribution in [0.3, 0.4) is 0 Å². The van der Waals surface area contributed by atoms with Gasteiger partial charge in [0.15, 0.2) is 5.69 Å². The van der Waals surface area contributed by atoms with Gasteiger partial charge in [-0.2, -0.15) is 0 Å². The zero-order valence-corrected chi connectivity index (χ0v) is 24.1. The molecule has 2 amide bonds. The van der Waals surface area contributed by atoms with Gasteiger partial charge in [0.25, 0.3) is 11.8 Å². The number of sulfone groups is 1. The first kappa shape index (κ1) is 27.9. The predicted octanol–water partition coefficient (Wildman–Crippen LogP) is 5.19. The minimum Gasteiger partial charge on any atom is -0.352 e. The Bertz CT molecular complexity index is 1690. The molecule has 0 bridgehead atoms. The lowest BCUT2D eigenvalue weighted by molar-refractivity contribution is 0.0954. The van der Waals surface area contributed by atoms with Crippen molar-refractivity contribution in [3.8, 4) is 0 Å². The normalized spacial score (nSPS) is 12.7. The van der Waals surface area contributed by atoms with E-state index in [4.69, 9.17) is 11.6 Å². The fraction of sp³-hybridized carbons (Fsp3) is 0.241. The van der Waals surface area contributed by atoms with Crippen molar-refractivity contribution < 1.29 is 18.0 Å². The summed E-state index contributed by atoms with van der Waals surface area (Å²) in [5.74, 6) is -1.29. The van der Waals surface area contributed by atoms with Crippen LogP contribution in [0.15, 0.2) is 66.0 Å². The summed E-state index contributed by atoms with van der Waals surface area (Å²) >= 11 is 7.59. The second kappa shape index (κ2) is 11.9. The van der Waals surface area contributed by atoms with Gasteiger partial charge in [0.2, 0.25) is 15.0 Å². The molecule has 4 aromatic rings. The van der Waals surface area contributed by atoms with Gasteiger partial charge in [-0.25, -0.2) is 18.4 Å². The molecule has 11 heteroatoms. The van der Waals surface area contributed by atoms with Gasteiger partial charge in [0.1, 0.15) is 5.00 Å². The summed E-state index contributed by atoms with van der Waals surface area (Å²) in [5, 5.41) is 5.55. The van der Waals surface area contributed by atoms with Crippen LogP contribution in [-0.2, 0) is 34.9 Å². The Morgan fingerprint density at radius 3 is 2.58 bits per heavy atom. The van der Waals surface area contributed by atoms with Gasteiger partial charge < -0.3 is 10.6 Å². The minimum absolute atomic E-state index is 0.0926. The number of anilines is 1. The van der Waals surface area contributed by atoms with E-state index in [1.54, 1.807) is 18.2 Å². The molecule has 0 spiro atoms. The Hall–Kier alpha value is -3.60. The second-order valence-electron chi connectivity index (χ2n) is 9.60. The maximum absolute atomic E-state index is 13.3. The molecule has 0 atom stereocenters. The summed E-state index contributed by atoms with van der Waals surface area (Å²) in [6, 6.07) is 17.0. The number of carbonyl (C=O) groups is 2. The molecule has 0 saturated heterocycles. The number of hydrogen-bond acceptors (Lipinski definition) is 7. The number of fused-ring (bicyclic) bond motifs is 1. The van der Waals surface area contributed by atoms with Gasteiger partial charge in [0.05, 0.1) is 22.5 Å². The molecule has 2 N–H and O–H groups in total. The molecule has 0 radical (unpaired) electrons. The number of rotatable bonds is 9. The van der Waals surface area contributed by atoms with Crippen molar-refractivity contribution >= 4 is 49.6 Å². The van der Waals surface area contributed by atoms with Crippen molar-refractivity contribution in [1.82, 2.24) is 15.3 Å². The third-order valence-corrected chi connectivity index (χ3v) is 9.52. The third-order valence-electron chi connectivity index (χ3n) is 6.57. The molecule has 1 aliphatic carbocycles. The number of benzene rings is 2. The van der Waals surface area contributed by atoms with E-state index in [-0.39, 0.29) is 22.4 Å². The summed E-state index contributed by atoms with van der Waals surface area (Å²) < 4.78 is 26.1. The monoisotopic (exact) mass is 594 g/mol. The summed E-state index contributed by atoms with van der Waals surface area (Å²) in [6.07, 6.45) is 4.31. The van der Waals surface area contributed by atoms with E-state index in [1.807, 2.05) is 43.3 Å². The van der Waals surface area contributed by atoms with Gasteiger partial charge >= 0.3 is 0 Å². The summed E-state index contributed by atoms with van der Waals surface area (Å²) in [5.41, 5.74) is 3.72. The first-order valence-electron chi connectivity index (χ1n) is 12.8. The molecular weight excluding hydrogens is 568 g/mol. The Morgan fingerprint density at radius 1 is 1.02 bits per heavy atom. The zero-order chi connectivity index (χ0) is 28.3. The molecule has 8 nitrogen and oxygen atoms in total. The highest BCUT2D eigenvalue weighted by atomic mass is 35.5. The van der Waals surface area contributed by atoms with E-state index in [1.165, 1.54) is 11.3 Å². The van der Waals surface area contributed by atoms with Crippen LogP contribution in [0.25, 0.3) is 0 Å². The van der Waals surface area contributed by atoms with Gasteiger partial charge in [-0.15, -0.1) is 11.3 Å². The minimum atomic E-state index is -3.95. The quantitative estimate of drug-likeness (QED) is 0.258. The smallest absolute Gasteiger partial charge is 0.276 e. The molecule has 5 rings (SSSR count). The van der Waals surface area contributed by atoms with Crippen LogP contribution in [0.4, 0.5) is 5.00 Å². The topological polar surface area (TPSA) is 118 Å². The maximum Gasteiger partial charge on any atom is 0.276 e. The van der Waals surface area contributed by atoms with Crippen molar-refractivity contribution in [3.63, 3.8) is 0 Å². The van der Waals surface area contributed by atoms with E-state index in [0.29, 0.717) is 29.1 Å². The largest absolute Gasteiger partial charge is 0.352 e. The first-order chi connectivity index (χ1) is 19.2. The number of aryl methyl sites for hydroxylation is 2. The molecule has 0 aliphatic heterocycles. The van der Waals surface area contributed by atoms with Crippen LogP contribution >= 0.6 is 22.9 Å². The first-order valence-corrected chi connectivity index (χ1v) is 15.6. The van der Waals surface area contributed by atoms with Crippen LogP contribution in [0.5, 0.6) is 0 Å². The number of nitrogens with one attached hydrogen (secondary N) is 2. The van der Waals surface area contributed by atoms with Gasteiger partial charge in [-0.1, -0.05) is 71.8 Å². The summed E-state index contributed by atoms with van der Waals surface area (Å²) in [7, 11) is -3.95. The summed E-state index contributed by atoms with van der Waals surface area (Å²) in [4.78, 5) is 35.6. The number of thiophene rings is 1. The Kier molecular flexibility index (Phi) is 8.30. The summed E-state index contributed by atoms with van der Waals surface area (Å²) in [6.45, 7) is 2.32. The molecule has 1 aliphatic rings. The number of carbonyl (C=O) groups excluding carboxylic acids is 2. The molecule has 40 heavy (non-hydrogen) atoms. The van der Waals surface area contributed by atoms with E-state index < -0.39 is 20.9 Å². The molecule has 0 unspecified atom stereocenters. The SMILES string of the molecule is Cc1cccc(CS(=O)(=O)c2ncc(Cl)c(C(=O)Nc3sc4c(c3C(=O)NCCc3ccccc3)CCC4)n2)c1. The van der Waals surface area contributed by atoms with Gasteiger partial charge in [-0.05, 0) is 49.3 Å². The Labute approximate surface area is 241 Å². The van der Waals surface area contributed by atoms with Crippen LogP contribution in [-0.4, -0.2) is 36.7 Å². The maximum atomic E-state index is 13.3. The van der Waals surface area contributed by atoms with Crippen LogP contribution in [0, 0.1) is 6.92 Å². The molecule has 2 heterocycles. The van der Waals surface area contributed by atoms with Crippen LogP contribution in [0.1, 0.15) is 54.4 Å². The molecule has 0 saturated carbocycles. The molecule has 2 aromatic carbocycles. The number of aromatic nitrogens is 2. The van der Waals surface area contributed by atoms with E-state index in [0.717, 1.165) is 47.0 Å². The average molecular weight is 595 g/mol. The number of amides is 2. The number of hydrogen-bond donors (Lipinski definition) is 2. The average Bonchev–Trinajstić information content (AvgIpc) is 3.50. The lowest BCUT2D eigenvalue weighted by Gasteiger charge is -2.11. The predicted molar refractivity (Wildman–Crippen MR) is 156 cm³/mol. The van der Waals surface area contributed by atoms with Crippen molar-refractivity contribution in [2.24, 2.45) is 0 Å². The highest BCUT2D eigenvalue weighted by molar-refractivity contribution is 7.90. The highest BCUT2D eigenvalue weighted by Gasteiger charge is 2.29. The van der Waals surface area contributed by atoms with Crippen LogP contribution in [0.2, 0.25) is 5.02 Å². The molecular formula is C29H27ClN4O4S2. The Morgan fingerprint density at radius 2 is 1.80 bits per heavy atom. The van der Waals surface area contributed by atoms with E-state index in [9.17, 15) is 18.0 Å². The lowest BCUT2D eigenvalue weighted by atomic mass is 10.1. The Balaban J connectivity index is 1.35. The highest BCUT2D eigenvalue weighted by Crippen LogP contribution is 2.39. The standard InChI is InChI=1S/C29H27ClN4O4S2/c1-18-7-5-10-20(15-18)17-40(37,38)29-32-16-22(30)25(33-29)27(36)34-28-24(21-11-6-12-23(21)39-28)26(35)31-14-13-19-8-3-2-4-9-19/h2-5,7-10,15-16H,6,11-14,17H2,1H3,(H,31,35)(H,34,36). The van der Waals surface area contributed by atoms with Gasteiger partial charge in [0, 0.05) is 11.4 Å².